The van der Waals surface area contributed by atoms with Gasteiger partial charge in [0.1, 0.15) is 5.65 Å². The van der Waals surface area contributed by atoms with E-state index in [-0.39, 0.29) is 5.78 Å². The van der Waals surface area contributed by atoms with Crippen molar-refractivity contribution in [3.8, 4) is 0 Å². The van der Waals surface area contributed by atoms with Crippen LogP contribution in [0.1, 0.15) is 31.9 Å². The van der Waals surface area contributed by atoms with Gasteiger partial charge in [-0.3, -0.25) is 4.79 Å². The average molecular weight is 256 g/mol. The first-order chi connectivity index (χ1) is 9.06. The summed E-state index contributed by atoms with van der Waals surface area (Å²) in [5.74, 6) is 0.706. The van der Waals surface area contributed by atoms with E-state index in [1.165, 1.54) is 11.1 Å². The maximum Gasteiger partial charge on any atom is 0.152 e. The van der Waals surface area contributed by atoms with Crippen LogP contribution in [0.4, 0.5) is 0 Å². The lowest BCUT2D eigenvalue weighted by molar-refractivity contribution is -0.112. The Morgan fingerprint density at radius 1 is 1.47 bits per heavy atom. The van der Waals surface area contributed by atoms with Gasteiger partial charge >= 0.3 is 0 Å². The average Bonchev–Trinajstić information content (AvgIpc) is 2.71. The van der Waals surface area contributed by atoms with E-state index in [0.29, 0.717) is 5.92 Å². The highest BCUT2D eigenvalue weighted by Gasteiger charge is 2.06. The zero-order valence-corrected chi connectivity index (χ0v) is 11.7. The standard InChI is InChI=1S/C16H20N2O/c1-11(2)7-13-8-15-14(6-4-5-12(3)19)10-18-16(15)17-9-13/h4-5,8-11H,6-7H2,1-3H3,(H,17,18)/b5-4+. The van der Waals surface area contributed by atoms with Gasteiger partial charge in [-0.2, -0.15) is 0 Å². The first-order valence-electron chi connectivity index (χ1n) is 6.68. The van der Waals surface area contributed by atoms with Crippen LogP contribution in [0.5, 0.6) is 0 Å². The van der Waals surface area contributed by atoms with E-state index in [4.69, 9.17) is 0 Å². The molecule has 0 aliphatic heterocycles. The number of nitrogens with one attached hydrogen (secondary N) is 1. The van der Waals surface area contributed by atoms with Crippen LogP contribution >= 0.6 is 0 Å². The van der Waals surface area contributed by atoms with Crippen molar-refractivity contribution in [1.82, 2.24) is 9.97 Å². The van der Waals surface area contributed by atoms with Crippen molar-refractivity contribution in [3.05, 3.63) is 41.7 Å². The molecule has 0 atom stereocenters. The molecule has 0 bridgehead atoms. The van der Waals surface area contributed by atoms with E-state index in [2.05, 4.69) is 29.9 Å². The van der Waals surface area contributed by atoms with Gasteiger partial charge in [-0.05, 0) is 49.0 Å². The van der Waals surface area contributed by atoms with Gasteiger partial charge < -0.3 is 4.98 Å². The van der Waals surface area contributed by atoms with Crippen molar-refractivity contribution >= 4 is 16.8 Å². The molecule has 3 heteroatoms. The molecule has 2 rings (SSSR count). The van der Waals surface area contributed by atoms with Gasteiger partial charge in [0, 0.05) is 17.8 Å². The summed E-state index contributed by atoms with van der Waals surface area (Å²) in [6.07, 6.45) is 9.23. The zero-order chi connectivity index (χ0) is 13.8. The highest BCUT2D eigenvalue weighted by Crippen LogP contribution is 2.20. The molecule has 0 aliphatic carbocycles. The normalized spacial score (nSPS) is 11.8. The third kappa shape index (κ3) is 3.53. The van der Waals surface area contributed by atoms with Gasteiger partial charge in [-0.25, -0.2) is 4.98 Å². The molecular formula is C16H20N2O. The second-order valence-corrected chi connectivity index (χ2v) is 5.37. The lowest BCUT2D eigenvalue weighted by Crippen LogP contribution is -1.95. The number of ketones is 1. The molecule has 0 aliphatic rings. The molecule has 0 saturated heterocycles. The third-order valence-electron chi connectivity index (χ3n) is 3.01. The Morgan fingerprint density at radius 3 is 2.95 bits per heavy atom. The summed E-state index contributed by atoms with van der Waals surface area (Å²) in [4.78, 5) is 18.5. The number of pyridine rings is 1. The van der Waals surface area contributed by atoms with Gasteiger partial charge in [-0.15, -0.1) is 0 Å². The van der Waals surface area contributed by atoms with Crippen LogP contribution in [-0.4, -0.2) is 15.8 Å². The van der Waals surface area contributed by atoms with Gasteiger partial charge in [0.25, 0.3) is 0 Å². The molecule has 19 heavy (non-hydrogen) atoms. The molecule has 3 nitrogen and oxygen atoms in total. The minimum absolute atomic E-state index is 0.0819. The van der Waals surface area contributed by atoms with Gasteiger partial charge in [0.2, 0.25) is 0 Å². The Morgan fingerprint density at radius 2 is 2.26 bits per heavy atom. The molecule has 0 amide bonds. The Balaban J connectivity index is 2.26. The SMILES string of the molecule is CC(=O)/C=C/Cc1c[nH]c2ncc(CC(C)C)cc12. The molecule has 2 heterocycles. The summed E-state index contributed by atoms with van der Waals surface area (Å²) < 4.78 is 0. The maximum absolute atomic E-state index is 10.9. The zero-order valence-electron chi connectivity index (χ0n) is 11.7. The van der Waals surface area contributed by atoms with Crippen LogP contribution in [0, 0.1) is 5.92 Å². The summed E-state index contributed by atoms with van der Waals surface area (Å²) in [5, 5.41) is 1.16. The molecule has 1 N–H and O–H groups in total. The highest BCUT2D eigenvalue weighted by molar-refractivity contribution is 5.87. The highest BCUT2D eigenvalue weighted by atomic mass is 16.1. The van der Waals surface area contributed by atoms with Crippen molar-refractivity contribution < 1.29 is 4.79 Å². The number of rotatable bonds is 5. The van der Waals surface area contributed by atoms with Crippen molar-refractivity contribution in [2.24, 2.45) is 5.92 Å². The number of H-pyrrole nitrogens is 1. The van der Waals surface area contributed by atoms with Crippen molar-refractivity contribution in [1.29, 1.82) is 0 Å². The number of hydrogen-bond acceptors (Lipinski definition) is 2. The fourth-order valence-electron chi connectivity index (χ4n) is 2.20. The van der Waals surface area contributed by atoms with Crippen LogP contribution in [0.2, 0.25) is 0 Å². The van der Waals surface area contributed by atoms with Crippen LogP contribution in [0.3, 0.4) is 0 Å². The molecular weight excluding hydrogens is 236 g/mol. The predicted molar refractivity (Wildman–Crippen MR) is 78.2 cm³/mol. The quantitative estimate of drug-likeness (QED) is 0.833. The molecule has 100 valence electrons. The van der Waals surface area contributed by atoms with E-state index in [9.17, 15) is 4.79 Å². The lowest BCUT2D eigenvalue weighted by atomic mass is 10.0. The number of nitrogens with zero attached hydrogens (tertiary/aromatic N) is 1. The van der Waals surface area contributed by atoms with Crippen LogP contribution in [-0.2, 0) is 17.6 Å². The first kappa shape index (κ1) is 13.5. The fraction of sp³-hybridized carbons (Fsp3) is 0.375. The third-order valence-corrected chi connectivity index (χ3v) is 3.01. The van der Waals surface area contributed by atoms with E-state index >= 15 is 0 Å². The Hall–Kier alpha value is -1.90. The van der Waals surface area contributed by atoms with Crippen molar-refractivity contribution in [3.63, 3.8) is 0 Å². The summed E-state index contributed by atoms with van der Waals surface area (Å²) in [5.41, 5.74) is 3.36. The van der Waals surface area contributed by atoms with Crippen LogP contribution in [0.25, 0.3) is 11.0 Å². The molecule has 0 spiro atoms. The number of hydrogen-bond donors (Lipinski definition) is 1. The molecule has 0 radical (unpaired) electrons. The fourth-order valence-corrected chi connectivity index (χ4v) is 2.20. The Bertz CT molecular complexity index is 608. The summed E-state index contributed by atoms with van der Waals surface area (Å²) >= 11 is 0. The molecule has 2 aromatic rings. The number of carbonyl (C=O) groups is 1. The number of aromatic nitrogens is 2. The smallest absolute Gasteiger partial charge is 0.152 e. The van der Waals surface area contributed by atoms with E-state index in [1.54, 1.807) is 13.0 Å². The number of aromatic amines is 1. The van der Waals surface area contributed by atoms with Crippen LogP contribution < -0.4 is 0 Å². The number of allylic oxidation sites excluding steroid dienone is 2. The molecule has 0 aromatic carbocycles. The molecule has 0 fully saturated rings. The van der Waals surface area contributed by atoms with Crippen molar-refractivity contribution in [2.75, 3.05) is 0 Å². The second kappa shape index (κ2) is 5.83. The lowest BCUT2D eigenvalue weighted by Gasteiger charge is -2.04. The minimum Gasteiger partial charge on any atom is -0.346 e. The van der Waals surface area contributed by atoms with Gasteiger partial charge in [-0.1, -0.05) is 19.9 Å². The minimum atomic E-state index is 0.0819. The number of carbonyl (C=O) groups excluding carboxylic acids is 1. The van der Waals surface area contributed by atoms with E-state index in [1.807, 2.05) is 18.5 Å². The molecule has 0 saturated carbocycles. The van der Waals surface area contributed by atoms with Crippen molar-refractivity contribution in [2.45, 2.75) is 33.6 Å². The molecule has 2 aromatic heterocycles. The van der Waals surface area contributed by atoms with Crippen LogP contribution in [0.15, 0.2) is 30.6 Å². The largest absolute Gasteiger partial charge is 0.346 e. The van der Waals surface area contributed by atoms with E-state index < -0.39 is 0 Å². The number of fused-ring (bicyclic) bond motifs is 1. The van der Waals surface area contributed by atoms with Gasteiger partial charge in [0.05, 0.1) is 0 Å². The summed E-state index contributed by atoms with van der Waals surface area (Å²) in [6.45, 7) is 5.98. The first-order valence-corrected chi connectivity index (χ1v) is 6.68. The summed E-state index contributed by atoms with van der Waals surface area (Å²) in [6, 6.07) is 2.20. The predicted octanol–water partition coefficient (Wildman–Crippen LogP) is 3.45. The monoisotopic (exact) mass is 256 g/mol. The Kier molecular flexibility index (Phi) is 4.15. The maximum atomic E-state index is 10.9. The molecule has 0 unspecified atom stereocenters. The Labute approximate surface area is 113 Å². The van der Waals surface area contributed by atoms with Gasteiger partial charge in [0.15, 0.2) is 5.78 Å². The topological polar surface area (TPSA) is 45.8 Å². The summed E-state index contributed by atoms with van der Waals surface area (Å²) in [7, 11) is 0. The second-order valence-electron chi connectivity index (χ2n) is 5.37. The van der Waals surface area contributed by atoms with E-state index in [0.717, 1.165) is 23.9 Å².